The molecule has 0 aliphatic carbocycles. The summed E-state index contributed by atoms with van der Waals surface area (Å²) in [6, 6.07) is 7.11. The third-order valence-electron chi connectivity index (χ3n) is 3.75. The van der Waals surface area contributed by atoms with Crippen molar-refractivity contribution >= 4 is 27.2 Å². The molecule has 21 heavy (non-hydrogen) atoms. The fraction of sp³-hybridized carbons (Fsp3) is 0.500. The first-order valence-corrected chi connectivity index (χ1v) is 8.84. The number of rotatable bonds is 5. The zero-order valence-corrected chi connectivity index (χ0v) is 13.6. The van der Waals surface area contributed by atoms with E-state index in [0.29, 0.717) is 24.2 Å². The van der Waals surface area contributed by atoms with Gasteiger partial charge in [0.2, 0.25) is 10.0 Å². The first-order chi connectivity index (χ1) is 9.94. The van der Waals surface area contributed by atoms with E-state index in [0.717, 1.165) is 12.8 Å². The van der Waals surface area contributed by atoms with E-state index in [-0.39, 0.29) is 16.8 Å². The number of sulfonamides is 1. The molecule has 1 aliphatic rings. The quantitative estimate of drug-likeness (QED) is 0.824. The second-order valence-electron chi connectivity index (χ2n) is 5.11. The lowest BCUT2D eigenvalue weighted by atomic mass is 10.1. The van der Waals surface area contributed by atoms with Gasteiger partial charge in [0.25, 0.3) is 0 Å². The molecule has 116 valence electrons. The van der Waals surface area contributed by atoms with Crippen LogP contribution in [-0.2, 0) is 20.5 Å². The summed E-state index contributed by atoms with van der Waals surface area (Å²) in [5.74, 6) is -0.0713. The Hall–Kier alpha value is -1.02. The Morgan fingerprint density at radius 3 is 2.57 bits per heavy atom. The highest BCUT2D eigenvalue weighted by molar-refractivity contribution is 7.88. The summed E-state index contributed by atoms with van der Waals surface area (Å²) in [6.07, 6.45) is 1.61. The van der Waals surface area contributed by atoms with Crippen LogP contribution in [0, 0.1) is 0 Å². The monoisotopic (exact) mass is 328 g/mol. The van der Waals surface area contributed by atoms with Crippen LogP contribution in [0.2, 0.25) is 0 Å². The van der Waals surface area contributed by atoms with Gasteiger partial charge in [-0.2, -0.15) is 0 Å². The molecule has 0 radical (unpaired) electrons. The van der Waals surface area contributed by atoms with Gasteiger partial charge in [0.15, 0.2) is 0 Å². The summed E-state index contributed by atoms with van der Waals surface area (Å²) < 4.78 is 31.8. The van der Waals surface area contributed by atoms with Crippen molar-refractivity contribution in [1.29, 1.82) is 0 Å². The number of ether oxygens (including phenoxy) is 1. The van der Waals surface area contributed by atoms with E-state index < -0.39 is 10.0 Å². The molecule has 7 heteroatoms. The van der Waals surface area contributed by atoms with Gasteiger partial charge in [-0.25, -0.2) is 12.7 Å². The number of benzene rings is 1. The minimum atomic E-state index is -3.36. The van der Waals surface area contributed by atoms with Crippen LogP contribution < -0.4 is 5.73 Å². The Morgan fingerprint density at radius 1 is 1.38 bits per heavy atom. The molecule has 0 atom stereocenters. The number of hydrogen-bond donors (Lipinski definition) is 1. The van der Waals surface area contributed by atoms with Gasteiger partial charge in [-0.1, -0.05) is 36.5 Å². The van der Waals surface area contributed by atoms with E-state index >= 15 is 0 Å². The van der Waals surface area contributed by atoms with Gasteiger partial charge >= 0.3 is 0 Å². The summed E-state index contributed by atoms with van der Waals surface area (Å²) in [5, 5.41) is 0. The summed E-state index contributed by atoms with van der Waals surface area (Å²) in [7, 11) is -1.70. The average Bonchev–Trinajstić information content (AvgIpc) is 2.47. The van der Waals surface area contributed by atoms with E-state index in [9.17, 15) is 8.42 Å². The molecule has 2 N–H and O–H groups in total. The predicted octanol–water partition coefficient (Wildman–Crippen LogP) is 1.26. The van der Waals surface area contributed by atoms with Crippen LogP contribution in [0.15, 0.2) is 24.3 Å². The third-order valence-corrected chi connectivity index (χ3v) is 5.80. The van der Waals surface area contributed by atoms with Crippen LogP contribution >= 0.6 is 12.2 Å². The topological polar surface area (TPSA) is 72.6 Å². The Kier molecular flexibility index (Phi) is 5.32. The zero-order valence-electron chi connectivity index (χ0n) is 12.0. The van der Waals surface area contributed by atoms with E-state index in [1.807, 2.05) is 0 Å². The van der Waals surface area contributed by atoms with E-state index in [1.54, 1.807) is 31.4 Å². The second kappa shape index (κ2) is 6.83. The molecule has 2 rings (SSSR count). The molecular formula is C14H20N2O3S2. The second-order valence-corrected chi connectivity index (χ2v) is 7.52. The molecule has 1 aromatic rings. The Labute approximate surface area is 131 Å². The molecule has 1 aromatic carbocycles. The molecule has 1 aliphatic heterocycles. The zero-order chi connectivity index (χ0) is 15.5. The summed E-state index contributed by atoms with van der Waals surface area (Å²) in [4.78, 5) is 0.221. The number of piperidine rings is 1. The van der Waals surface area contributed by atoms with E-state index in [4.69, 9.17) is 22.7 Å². The van der Waals surface area contributed by atoms with Crippen molar-refractivity contribution in [1.82, 2.24) is 4.31 Å². The lowest BCUT2D eigenvalue weighted by molar-refractivity contribution is 0.0604. The highest BCUT2D eigenvalue weighted by Gasteiger charge is 2.28. The van der Waals surface area contributed by atoms with E-state index in [1.165, 1.54) is 4.31 Å². The van der Waals surface area contributed by atoms with E-state index in [2.05, 4.69) is 0 Å². The van der Waals surface area contributed by atoms with Crippen molar-refractivity contribution in [3.8, 4) is 0 Å². The molecule has 0 bridgehead atoms. The fourth-order valence-electron chi connectivity index (χ4n) is 2.52. The number of hydrogen-bond acceptors (Lipinski definition) is 4. The minimum Gasteiger partial charge on any atom is -0.389 e. The van der Waals surface area contributed by atoms with Crippen molar-refractivity contribution in [2.75, 3.05) is 20.2 Å². The normalized spacial score (nSPS) is 17.8. The van der Waals surface area contributed by atoms with Crippen LogP contribution in [-0.4, -0.2) is 44.0 Å². The fourth-order valence-corrected chi connectivity index (χ4v) is 4.31. The number of thiocarbonyl (C=S) groups is 1. The van der Waals surface area contributed by atoms with Crippen molar-refractivity contribution in [3.63, 3.8) is 0 Å². The molecule has 1 heterocycles. The smallest absolute Gasteiger partial charge is 0.218 e. The van der Waals surface area contributed by atoms with Crippen molar-refractivity contribution in [2.45, 2.75) is 24.7 Å². The van der Waals surface area contributed by atoms with Crippen molar-refractivity contribution in [2.24, 2.45) is 5.73 Å². The van der Waals surface area contributed by atoms with Crippen LogP contribution in [0.3, 0.4) is 0 Å². The molecular weight excluding hydrogens is 308 g/mol. The lowest BCUT2D eigenvalue weighted by Crippen LogP contribution is -2.41. The number of nitrogens with zero attached hydrogens (tertiary/aromatic N) is 1. The molecule has 0 amide bonds. The maximum Gasteiger partial charge on any atom is 0.218 e. The van der Waals surface area contributed by atoms with Gasteiger partial charge < -0.3 is 10.5 Å². The number of nitrogens with two attached hydrogens (primary N) is 1. The van der Waals surface area contributed by atoms with Crippen molar-refractivity contribution in [3.05, 3.63) is 35.4 Å². The van der Waals surface area contributed by atoms with Crippen LogP contribution in [0.25, 0.3) is 0 Å². The predicted molar refractivity (Wildman–Crippen MR) is 86.6 cm³/mol. The number of methoxy groups -OCH3 is 1. The first kappa shape index (κ1) is 16.4. The van der Waals surface area contributed by atoms with Gasteiger partial charge in [0, 0.05) is 25.8 Å². The average molecular weight is 328 g/mol. The van der Waals surface area contributed by atoms with Crippen LogP contribution in [0.1, 0.15) is 24.0 Å². The summed E-state index contributed by atoms with van der Waals surface area (Å²) >= 11 is 4.98. The highest BCUT2D eigenvalue weighted by atomic mass is 32.2. The maximum absolute atomic E-state index is 12.5. The summed E-state index contributed by atoms with van der Waals surface area (Å²) in [5.41, 5.74) is 6.93. The molecule has 1 fully saturated rings. The van der Waals surface area contributed by atoms with Crippen LogP contribution in [0.5, 0.6) is 0 Å². The Bertz CT molecular complexity index is 608. The Balaban J connectivity index is 2.13. The van der Waals surface area contributed by atoms with Crippen LogP contribution in [0.4, 0.5) is 0 Å². The van der Waals surface area contributed by atoms with Gasteiger partial charge in [0.05, 0.1) is 11.9 Å². The largest absolute Gasteiger partial charge is 0.389 e. The SMILES string of the molecule is COC1CCN(S(=O)(=O)Cc2ccccc2C(N)=S)CC1. The molecule has 0 spiro atoms. The molecule has 0 unspecified atom stereocenters. The van der Waals surface area contributed by atoms with Gasteiger partial charge in [-0.15, -0.1) is 0 Å². The van der Waals surface area contributed by atoms with Gasteiger partial charge in [-0.05, 0) is 18.4 Å². The van der Waals surface area contributed by atoms with Crippen molar-refractivity contribution < 1.29 is 13.2 Å². The molecule has 5 nitrogen and oxygen atoms in total. The molecule has 1 saturated heterocycles. The lowest BCUT2D eigenvalue weighted by Gasteiger charge is -2.30. The third kappa shape index (κ3) is 4.00. The Morgan fingerprint density at radius 2 is 2.00 bits per heavy atom. The summed E-state index contributed by atoms with van der Waals surface area (Å²) in [6.45, 7) is 0.992. The maximum atomic E-state index is 12.5. The molecule has 0 saturated carbocycles. The first-order valence-electron chi connectivity index (χ1n) is 6.82. The highest BCUT2D eigenvalue weighted by Crippen LogP contribution is 2.20. The van der Waals surface area contributed by atoms with Gasteiger partial charge in [-0.3, -0.25) is 0 Å². The minimum absolute atomic E-state index is 0.0713. The standard InChI is InChI=1S/C14H20N2O3S2/c1-19-12-6-8-16(9-7-12)21(17,18)10-11-4-2-3-5-13(11)14(15)20/h2-5,12H,6-10H2,1H3,(H2,15,20). The van der Waals surface area contributed by atoms with Gasteiger partial charge in [0.1, 0.15) is 4.99 Å². The molecule has 0 aromatic heterocycles.